The molecule has 0 bridgehead atoms. The van der Waals surface area contributed by atoms with E-state index >= 15 is 0 Å². The Hall–Kier alpha value is -4.50. The van der Waals surface area contributed by atoms with Crippen molar-refractivity contribution in [2.75, 3.05) is 12.4 Å². The second-order valence-electron chi connectivity index (χ2n) is 12.1. The minimum Gasteiger partial charge on any atom is -0.456 e. The number of carbonyl (C=O) groups excluding carboxylic acids is 1. The van der Waals surface area contributed by atoms with E-state index in [1.165, 1.54) is 11.8 Å². The van der Waals surface area contributed by atoms with Gasteiger partial charge in [0.2, 0.25) is 11.6 Å². The minimum absolute atomic E-state index is 0.0984. The van der Waals surface area contributed by atoms with Gasteiger partial charge in [-0.1, -0.05) is 152 Å². The van der Waals surface area contributed by atoms with Crippen molar-refractivity contribution in [2.24, 2.45) is 0 Å². The summed E-state index contributed by atoms with van der Waals surface area (Å²) < 4.78 is 33.7. The quantitative estimate of drug-likeness (QED) is 0.117. The lowest BCUT2D eigenvalue weighted by Gasteiger charge is -2.39. The Morgan fingerprint density at radius 2 is 1.16 bits per heavy atom. The standard InChI is InChI=1S/C42H38O6S/c43-37(34-22-12-4-13-23-34)40-38(35-24-14-5-15-25-35)48-42(30-49-40)41(46-28-33-20-10-3-11-21-33)39(45-27-32-18-8-2-9-19-32)36(47-42)29-44-26-31-16-6-1-7-17-31/h1-25,36,39,41H,26-30H2/t36-,39-,41+,42-/m1/s1. The van der Waals surface area contributed by atoms with Crippen LogP contribution in [0.2, 0.25) is 0 Å². The first-order chi connectivity index (χ1) is 24.2. The summed E-state index contributed by atoms with van der Waals surface area (Å²) in [6, 6.07) is 49.2. The monoisotopic (exact) mass is 670 g/mol. The molecule has 0 aromatic heterocycles. The van der Waals surface area contributed by atoms with Crippen molar-refractivity contribution < 1.29 is 28.5 Å². The van der Waals surface area contributed by atoms with E-state index in [9.17, 15) is 4.79 Å². The predicted molar refractivity (Wildman–Crippen MR) is 191 cm³/mol. The lowest BCUT2D eigenvalue weighted by molar-refractivity contribution is -0.226. The van der Waals surface area contributed by atoms with Crippen LogP contribution in [0.25, 0.3) is 5.76 Å². The van der Waals surface area contributed by atoms with Crippen molar-refractivity contribution in [1.82, 2.24) is 0 Å². The normalized spacial score (nSPS) is 21.8. The van der Waals surface area contributed by atoms with Gasteiger partial charge in [-0.3, -0.25) is 4.79 Å². The van der Waals surface area contributed by atoms with Gasteiger partial charge in [0.1, 0.15) is 18.0 Å². The zero-order valence-corrected chi connectivity index (χ0v) is 27.9. The number of allylic oxidation sites excluding steroid dienone is 1. The molecule has 0 N–H and O–H groups in total. The number of ketones is 1. The van der Waals surface area contributed by atoms with Crippen molar-refractivity contribution in [2.45, 2.75) is 43.9 Å². The number of Topliss-reactive ketones (excluding diaryl/α,β-unsaturated/α-hetero) is 1. The maximum atomic E-state index is 14.0. The molecule has 2 aliphatic heterocycles. The van der Waals surface area contributed by atoms with Crippen LogP contribution < -0.4 is 0 Å². The fraction of sp³-hybridized carbons (Fsp3) is 0.214. The first kappa shape index (κ1) is 33.0. The molecule has 0 radical (unpaired) electrons. The maximum absolute atomic E-state index is 14.0. The minimum atomic E-state index is -1.27. The third-order valence-corrected chi connectivity index (χ3v) is 9.78. The molecule has 4 atom stereocenters. The molecule has 7 heteroatoms. The van der Waals surface area contributed by atoms with E-state index < -0.39 is 24.1 Å². The molecule has 2 aliphatic rings. The average Bonchev–Trinajstić information content (AvgIpc) is 3.45. The molecule has 6 nitrogen and oxygen atoms in total. The Kier molecular flexibility index (Phi) is 10.7. The van der Waals surface area contributed by atoms with E-state index in [2.05, 4.69) is 0 Å². The first-order valence-electron chi connectivity index (χ1n) is 16.5. The number of benzene rings is 5. The number of rotatable bonds is 13. The summed E-state index contributed by atoms with van der Waals surface area (Å²) in [5.41, 5.74) is 4.50. The molecule has 0 unspecified atom stereocenters. The van der Waals surface area contributed by atoms with Gasteiger partial charge >= 0.3 is 0 Å². The van der Waals surface area contributed by atoms with Gasteiger partial charge in [-0.2, -0.15) is 0 Å². The summed E-state index contributed by atoms with van der Waals surface area (Å²) in [4.78, 5) is 14.5. The molecular weight excluding hydrogens is 633 g/mol. The highest BCUT2D eigenvalue weighted by Gasteiger charge is 2.61. The average molecular weight is 671 g/mol. The van der Waals surface area contributed by atoms with Crippen LogP contribution in [0.15, 0.2) is 157 Å². The van der Waals surface area contributed by atoms with Crippen LogP contribution in [0.4, 0.5) is 0 Å². The fourth-order valence-corrected chi connectivity index (χ4v) is 7.31. The van der Waals surface area contributed by atoms with Gasteiger partial charge in [-0.25, -0.2) is 0 Å². The molecule has 49 heavy (non-hydrogen) atoms. The number of hydrogen-bond acceptors (Lipinski definition) is 7. The Balaban J connectivity index is 1.25. The zero-order valence-electron chi connectivity index (χ0n) is 27.1. The van der Waals surface area contributed by atoms with Crippen LogP contribution in [0.1, 0.15) is 32.6 Å². The van der Waals surface area contributed by atoms with Crippen molar-refractivity contribution >= 4 is 23.3 Å². The Labute approximate surface area is 291 Å². The largest absolute Gasteiger partial charge is 0.456 e. The molecule has 0 aliphatic carbocycles. The SMILES string of the molecule is O=C(C1=C(c2ccccc2)O[C@@]2(CS1)O[C@H](COCc1ccccc1)[C@@H](OCc1ccccc1)[C@@H]2OCc1ccccc1)c1ccccc1. The fourth-order valence-electron chi connectivity index (χ4n) is 6.13. The molecule has 5 aromatic rings. The van der Waals surface area contributed by atoms with Crippen molar-refractivity contribution in [3.63, 3.8) is 0 Å². The van der Waals surface area contributed by atoms with Crippen LogP contribution >= 0.6 is 11.8 Å². The lowest BCUT2D eigenvalue weighted by Crippen LogP contribution is -2.51. The van der Waals surface area contributed by atoms with Crippen molar-refractivity contribution in [3.8, 4) is 0 Å². The van der Waals surface area contributed by atoms with E-state index in [0.717, 1.165) is 22.3 Å². The molecule has 248 valence electrons. The van der Waals surface area contributed by atoms with Crippen LogP contribution in [0.3, 0.4) is 0 Å². The maximum Gasteiger partial charge on any atom is 0.249 e. The zero-order chi connectivity index (χ0) is 33.3. The molecule has 1 saturated heterocycles. The Morgan fingerprint density at radius 3 is 1.76 bits per heavy atom. The summed E-state index contributed by atoms with van der Waals surface area (Å²) in [5, 5.41) is 0. The highest BCUT2D eigenvalue weighted by Crippen LogP contribution is 2.49. The van der Waals surface area contributed by atoms with Gasteiger partial charge in [0.05, 0.1) is 37.1 Å². The molecular formula is C42H38O6S. The highest BCUT2D eigenvalue weighted by atomic mass is 32.2. The highest BCUT2D eigenvalue weighted by molar-refractivity contribution is 8.04. The van der Waals surface area contributed by atoms with Crippen LogP contribution in [-0.4, -0.2) is 42.2 Å². The van der Waals surface area contributed by atoms with Gasteiger partial charge in [0.25, 0.3) is 0 Å². The summed E-state index contributed by atoms with van der Waals surface area (Å²) in [5.74, 6) is -0.588. The third kappa shape index (κ3) is 7.88. The summed E-state index contributed by atoms with van der Waals surface area (Å²) in [6.45, 7) is 1.37. The predicted octanol–water partition coefficient (Wildman–Crippen LogP) is 8.48. The molecule has 1 fully saturated rings. The van der Waals surface area contributed by atoms with Crippen LogP contribution in [0.5, 0.6) is 0 Å². The second-order valence-corrected chi connectivity index (χ2v) is 13.0. The van der Waals surface area contributed by atoms with Crippen molar-refractivity contribution in [3.05, 3.63) is 184 Å². The number of hydrogen-bond donors (Lipinski definition) is 0. The molecule has 5 aromatic carbocycles. The van der Waals surface area contributed by atoms with Gasteiger partial charge in [-0.15, -0.1) is 11.8 Å². The van der Waals surface area contributed by atoms with Gasteiger partial charge in [-0.05, 0) is 16.7 Å². The molecule has 0 amide bonds. The number of thioether (sulfide) groups is 1. The first-order valence-corrected chi connectivity index (χ1v) is 17.5. The van der Waals surface area contributed by atoms with E-state index in [-0.39, 0.29) is 12.4 Å². The summed E-state index contributed by atoms with van der Waals surface area (Å²) in [6.07, 6.45) is -1.71. The number of carbonyl (C=O) groups is 1. The molecule has 7 rings (SSSR count). The van der Waals surface area contributed by atoms with Crippen LogP contribution in [0, 0.1) is 0 Å². The van der Waals surface area contributed by atoms with Gasteiger partial charge in [0, 0.05) is 11.1 Å². The van der Waals surface area contributed by atoms with E-state index in [4.69, 9.17) is 23.7 Å². The molecule has 1 spiro atoms. The van der Waals surface area contributed by atoms with Gasteiger partial charge in [0.15, 0.2) is 6.10 Å². The third-order valence-electron chi connectivity index (χ3n) is 8.58. The van der Waals surface area contributed by atoms with Crippen LogP contribution in [-0.2, 0) is 43.5 Å². The number of ether oxygens (including phenoxy) is 5. The van der Waals surface area contributed by atoms with E-state index in [1.807, 2.05) is 152 Å². The van der Waals surface area contributed by atoms with Gasteiger partial charge < -0.3 is 23.7 Å². The topological polar surface area (TPSA) is 63.2 Å². The van der Waals surface area contributed by atoms with E-state index in [1.54, 1.807) is 0 Å². The summed E-state index contributed by atoms with van der Waals surface area (Å²) >= 11 is 1.43. The molecule has 0 saturated carbocycles. The second kappa shape index (κ2) is 15.8. The Morgan fingerprint density at radius 1 is 0.653 bits per heavy atom. The molecule has 2 heterocycles. The van der Waals surface area contributed by atoms with Crippen molar-refractivity contribution in [1.29, 1.82) is 0 Å². The summed E-state index contributed by atoms with van der Waals surface area (Å²) in [7, 11) is 0. The lowest BCUT2D eigenvalue weighted by atomic mass is 10.0. The smallest absolute Gasteiger partial charge is 0.249 e. The Bertz CT molecular complexity index is 1820. The van der Waals surface area contributed by atoms with E-state index in [0.29, 0.717) is 41.8 Å².